The third-order valence-corrected chi connectivity index (χ3v) is 4.84. The van der Waals surface area contributed by atoms with Crippen LogP contribution in [0, 0.1) is 10.1 Å². The van der Waals surface area contributed by atoms with E-state index in [1.807, 2.05) is 0 Å². The summed E-state index contributed by atoms with van der Waals surface area (Å²) >= 11 is 0. The van der Waals surface area contributed by atoms with Crippen molar-refractivity contribution < 1.29 is 14.5 Å². The van der Waals surface area contributed by atoms with E-state index in [0.29, 0.717) is 11.3 Å². The zero-order valence-electron chi connectivity index (χ0n) is 16.4. The largest absolute Gasteiger partial charge is 0.462 e. The van der Waals surface area contributed by atoms with E-state index >= 15 is 0 Å². The normalized spacial score (nSPS) is 14.7. The Hall–Kier alpha value is -3.23. The van der Waals surface area contributed by atoms with Crippen molar-refractivity contribution in [3.63, 3.8) is 0 Å². The van der Waals surface area contributed by atoms with Crippen molar-refractivity contribution in [2.45, 2.75) is 51.5 Å². The molecule has 1 heterocycles. The monoisotopic (exact) mass is 399 g/mol. The molecular weight excluding hydrogens is 374 g/mol. The molecule has 2 N–H and O–H groups in total. The van der Waals surface area contributed by atoms with Crippen molar-refractivity contribution in [3.8, 4) is 0 Å². The van der Waals surface area contributed by atoms with Crippen LogP contribution in [0.5, 0.6) is 0 Å². The molecule has 0 spiro atoms. The summed E-state index contributed by atoms with van der Waals surface area (Å²) in [5, 5.41) is 18.0. The van der Waals surface area contributed by atoms with Gasteiger partial charge in [-0.25, -0.2) is 14.8 Å². The van der Waals surface area contributed by atoms with Crippen LogP contribution >= 0.6 is 0 Å². The summed E-state index contributed by atoms with van der Waals surface area (Å²) in [6, 6.07) is 6.73. The van der Waals surface area contributed by atoms with Crippen molar-refractivity contribution >= 4 is 29.0 Å². The molecule has 0 atom stereocenters. The topological polar surface area (TPSA) is 119 Å². The summed E-state index contributed by atoms with van der Waals surface area (Å²) in [6.07, 6.45) is 7.80. The maximum Gasteiger partial charge on any atom is 0.353 e. The van der Waals surface area contributed by atoms with Gasteiger partial charge in [-0.05, 0) is 38.0 Å². The lowest BCUT2D eigenvalue weighted by Crippen LogP contribution is -2.20. The Kier molecular flexibility index (Phi) is 6.94. The Morgan fingerprint density at radius 1 is 1.21 bits per heavy atom. The molecular formula is C20H25N5O4. The minimum Gasteiger partial charge on any atom is -0.462 e. The van der Waals surface area contributed by atoms with Gasteiger partial charge in [0.1, 0.15) is 6.33 Å². The van der Waals surface area contributed by atoms with Gasteiger partial charge >= 0.3 is 11.7 Å². The zero-order valence-corrected chi connectivity index (χ0v) is 16.4. The Morgan fingerprint density at radius 2 is 1.93 bits per heavy atom. The number of esters is 1. The molecule has 1 aromatic carbocycles. The summed E-state index contributed by atoms with van der Waals surface area (Å²) < 4.78 is 5.00. The lowest BCUT2D eigenvalue weighted by molar-refractivity contribution is -0.383. The van der Waals surface area contributed by atoms with Crippen LogP contribution in [0.4, 0.5) is 23.0 Å². The van der Waals surface area contributed by atoms with Crippen LogP contribution in [0.3, 0.4) is 0 Å². The van der Waals surface area contributed by atoms with Crippen LogP contribution in [0.1, 0.15) is 55.8 Å². The average molecular weight is 399 g/mol. The number of anilines is 3. The summed E-state index contributed by atoms with van der Waals surface area (Å²) in [5.41, 5.74) is 0.640. The molecule has 1 fully saturated rings. The minimum absolute atomic E-state index is 0.0714. The highest BCUT2D eigenvalue weighted by Crippen LogP contribution is 2.33. The number of carbonyl (C=O) groups is 1. The Balaban J connectivity index is 1.85. The number of carbonyl (C=O) groups excluding carboxylic acids is 1. The smallest absolute Gasteiger partial charge is 0.353 e. The third kappa shape index (κ3) is 5.40. The van der Waals surface area contributed by atoms with E-state index in [4.69, 9.17) is 4.74 Å². The molecule has 0 saturated heterocycles. The van der Waals surface area contributed by atoms with Crippen LogP contribution in [0.2, 0.25) is 0 Å². The van der Waals surface area contributed by atoms with Gasteiger partial charge in [-0.15, -0.1) is 0 Å². The van der Waals surface area contributed by atoms with Gasteiger partial charge in [-0.3, -0.25) is 10.1 Å². The number of hydrogen-bond donors (Lipinski definition) is 2. The molecule has 0 bridgehead atoms. The quantitative estimate of drug-likeness (QED) is 0.303. The Morgan fingerprint density at radius 3 is 2.62 bits per heavy atom. The standard InChI is InChI=1S/C20H25N5O4/c1-2-29-20(26)14-8-7-11-16(12-14)24-19-17(25(27)28)18(21-13-22-19)23-15-9-5-3-4-6-10-15/h7-8,11-13,15H,2-6,9-10H2,1H3,(H2,21,22,23,24). The fourth-order valence-electron chi connectivity index (χ4n) is 3.44. The van der Waals surface area contributed by atoms with Gasteiger partial charge in [-0.1, -0.05) is 31.7 Å². The van der Waals surface area contributed by atoms with E-state index in [2.05, 4.69) is 20.6 Å². The van der Waals surface area contributed by atoms with E-state index in [-0.39, 0.29) is 30.0 Å². The van der Waals surface area contributed by atoms with E-state index in [0.717, 1.165) is 25.7 Å². The number of nitrogens with zero attached hydrogens (tertiary/aromatic N) is 3. The number of hydrogen-bond acceptors (Lipinski definition) is 8. The number of rotatable bonds is 7. The van der Waals surface area contributed by atoms with Crippen LogP contribution in [0.15, 0.2) is 30.6 Å². The fraction of sp³-hybridized carbons (Fsp3) is 0.450. The van der Waals surface area contributed by atoms with E-state index in [1.165, 1.54) is 19.2 Å². The number of nitro groups is 1. The van der Waals surface area contributed by atoms with E-state index in [9.17, 15) is 14.9 Å². The van der Waals surface area contributed by atoms with E-state index < -0.39 is 10.9 Å². The molecule has 9 nitrogen and oxygen atoms in total. The first-order valence-electron chi connectivity index (χ1n) is 9.88. The van der Waals surface area contributed by atoms with E-state index in [1.54, 1.807) is 31.2 Å². The average Bonchev–Trinajstić information content (AvgIpc) is 2.97. The zero-order chi connectivity index (χ0) is 20.6. The summed E-state index contributed by atoms with van der Waals surface area (Å²) in [5.74, 6) is -0.174. The lowest BCUT2D eigenvalue weighted by atomic mass is 10.1. The second kappa shape index (κ2) is 9.81. The molecule has 0 aliphatic heterocycles. The molecule has 1 saturated carbocycles. The third-order valence-electron chi connectivity index (χ3n) is 4.84. The number of aromatic nitrogens is 2. The van der Waals surface area contributed by atoms with Gasteiger partial charge < -0.3 is 15.4 Å². The molecule has 2 aromatic rings. The molecule has 0 unspecified atom stereocenters. The molecule has 29 heavy (non-hydrogen) atoms. The van der Waals surface area contributed by atoms with Gasteiger partial charge in [0.15, 0.2) is 0 Å². The first-order valence-corrected chi connectivity index (χ1v) is 9.88. The molecule has 0 radical (unpaired) electrons. The van der Waals surface area contributed by atoms with Crippen LogP contribution < -0.4 is 10.6 Å². The van der Waals surface area contributed by atoms with Crippen molar-refractivity contribution in [3.05, 3.63) is 46.3 Å². The predicted octanol–water partition coefficient (Wildman–Crippen LogP) is 4.44. The number of ether oxygens (including phenoxy) is 1. The van der Waals surface area contributed by atoms with Crippen molar-refractivity contribution in [1.29, 1.82) is 0 Å². The second-order valence-electron chi connectivity index (χ2n) is 6.94. The summed E-state index contributed by atoms with van der Waals surface area (Å²) in [4.78, 5) is 31.4. The van der Waals surface area contributed by atoms with Gasteiger partial charge in [0.25, 0.3) is 0 Å². The molecule has 0 amide bonds. The van der Waals surface area contributed by atoms with Gasteiger partial charge in [0, 0.05) is 11.7 Å². The molecule has 9 heteroatoms. The highest BCUT2D eigenvalue weighted by Gasteiger charge is 2.25. The van der Waals surface area contributed by atoms with Crippen molar-refractivity contribution in [2.75, 3.05) is 17.2 Å². The molecule has 1 aliphatic carbocycles. The highest BCUT2D eigenvalue weighted by molar-refractivity contribution is 5.91. The second-order valence-corrected chi connectivity index (χ2v) is 6.94. The van der Waals surface area contributed by atoms with Gasteiger partial charge in [0.05, 0.1) is 17.1 Å². The van der Waals surface area contributed by atoms with Gasteiger partial charge in [0.2, 0.25) is 11.6 Å². The maximum absolute atomic E-state index is 11.9. The summed E-state index contributed by atoms with van der Waals surface area (Å²) in [6.45, 7) is 2.00. The minimum atomic E-state index is -0.490. The van der Waals surface area contributed by atoms with Gasteiger partial charge in [-0.2, -0.15) is 0 Å². The highest BCUT2D eigenvalue weighted by atomic mass is 16.6. The first kappa shape index (κ1) is 20.5. The fourth-order valence-corrected chi connectivity index (χ4v) is 3.44. The van der Waals surface area contributed by atoms with Crippen LogP contribution in [0.25, 0.3) is 0 Å². The molecule has 1 aliphatic rings. The first-order chi connectivity index (χ1) is 14.1. The molecule has 154 valence electrons. The maximum atomic E-state index is 11.9. The number of nitrogens with one attached hydrogen (secondary N) is 2. The summed E-state index contributed by atoms with van der Waals surface area (Å²) in [7, 11) is 0. The van der Waals surface area contributed by atoms with Crippen LogP contribution in [-0.2, 0) is 4.74 Å². The molecule has 1 aromatic heterocycles. The molecule has 3 rings (SSSR count). The van der Waals surface area contributed by atoms with Crippen molar-refractivity contribution in [1.82, 2.24) is 9.97 Å². The predicted molar refractivity (Wildman–Crippen MR) is 109 cm³/mol. The lowest BCUT2D eigenvalue weighted by Gasteiger charge is -2.17. The van der Waals surface area contributed by atoms with Crippen LogP contribution in [-0.4, -0.2) is 33.5 Å². The Labute approximate surface area is 169 Å². The SMILES string of the molecule is CCOC(=O)c1cccc(Nc2ncnc(NC3CCCCCC3)c2[N+](=O)[O-])c1. The van der Waals surface area contributed by atoms with Crippen molar-refractivity contribution in [2.24, 2.45) is 0 Å². The number of benzene rings is 1. The Bertz CT molecular complexity index is 866.